The predicted molar refractivity (Wildman–Crippen MR) is 86.1 cm³/mol. The number of amidine groups is 1. The average molecular weight is 341 g/mol. The molecule has 0 bridgehead atoms. The van der Waals surface area contributed by atoms with E-state index in [1.54, 1.807) is 11.0 Å². The first kappa shape index (κ1) is 15.7. The molecule has 2 aliphatic heterocycles. The highest BCUT2D eigenvalue weighted by Gasteiger charge is 2.33. The van der Waals surface area contributed by atoms with Crippen LogP contribution in [0.2, 0.25) is 0 Å². The largest absolute Gasteiger partial charge is 0.349 e. The van der Waals surface area contributed by atoms with E-state index in [1.807, 2.05) is 12.1 Å². The lowest BCUT2D eigenvalue weighted by molar-refractivity contribution is -0.113. The molecule has 3 rings (SSSR count). The Hall–Kier alpha value is -3.23. The summed E-state index contributed by atoms with van der Waals surface area (Å²) in [6.45, 7) is 0.369. The number of rotatable bonds is 2. The second-order valence-electron chi connectivity index (χ2n) is 4.95. The van der Waals surface area contributed by atoms with Crippen LogP contribution < -0.4 is 10.2 Å². The Kier molecular flexibility index (Phi) is 3.98. The standard InChI is InChI=1S/C15H9ClN6O2/c16-1-2-22-11-4-9(6-18)8(5-17)3-10(11)7-19-12-13(22)20-15(24)21-14(12)23/h3-4H,1-2,7H2,(H,21,23,24). The summed E-state index contributed by atoms with van der Waals surface area (Å²) in [7, 11) is 0. The lowest BCUT2D eigenvalue weighted by atomic mass is 10.0. The molecule has 0 atom stereocenters. The van der Waals surface area contributed by atoms with Crippen LogP contribution >= 0.6 is 11.6 Å². The molecule has 0 saturated heterocycles. The van der Waals surface area contributed by atoms with Crippen LogP contribution in [0.25, 0.3) is 0 Å². The van der Waals surface area contributed by atoms with Crippen LogP contribution in [-0.4, -0.2) is 35.9 Å². The summed E-state index contributed by atoms with van der Waals surface area (Å²) in [5.74, 6) is -0.348. The van der Waals surface area contributed by atoms with Crippen molar-refractivity contribution in [1.29, 1.82) is 10.5 Å². The summed E-state index contributed by atoms with van der Waals surface area (Å²) >= 11 is 5.85. The molecule has 0 unspecified atom stereocenters. The molecule has 1 aromatic rings. The van der Waals surface area contributed by atoms with E-state index in [9.17, 15) is 14.9 Å². The number of nitriles is 2. The third-order valence-electron chi connectivity index (χ3n) is 3.58. The van der Waals surface area contributed by atoms with Gasteiger partial charge in [0.15, 0.2) is 11.5 Å². The molecule has 2 heterocycles. The van der Waals surface area contributed by atoms with E-state index in [4.69, 9.17) is 16.9 Å². The van der Waals surface area contributed by atoms with Crippen molar-refractivity contribution in [3.63, 3.8) is 0 Å². The van der Waals surface area contributed by atoms with Crippen molar-refractivity contribution in [3.05, 3.63) is 28.8 Å². The van der Waals surface area contributed by atoms with Gasteiger partial charge in [-0.25, -0.2) is 4.79 Å². The predicted octanol–water partition coefficient (Wildman–Crippen LogP) is 1.08. The molecule has 9 heteroatoms. The zero-order chi connectivity index (χ0) is 17.3. The molecule has 118 valence electrons. The van der Waals surface area contributed by atoms with Crippen LogP contribution in [0.4, 0.5) is 10.5 Å². The average Bonchev–Trinajstić information content (AvgIpc) is 2.71. The van der Waals surface area contributed by atoms with E-state index in [1.165, 1.54) is 6.07 Å². The van der Waals surface area contributed by atoms with Crippen molar-refractivity contribution >= 4 is 40.8 Å². The first-order chi connectivity index (χ1) is 11.6. The maximum Gasteiger partial charge on any atom is 0.349 e. The van der Waals surface area contributed by atoms with Crippen molar-refractivity contribution < 1.29 is 9.59 Å². The van der Waals surface area contributed by atoms with Gasteiger partial charge in [-0.1, -0.05) is 0 Å². The number of nitrogens with zero attached hydrogens (tertiary/aromatic N) is 5. The van der Waals surface area contributed by atoms with Crippen LogP contribution in [0.15, 0.2) is 22.1 Å². The van der Waals surface area contributed by atoms with Gasteiger partial charge in [-0.3, -0.25) is 15.1 Å². The van der Waals surface area contributed by atoms with Gasteiger partial charge in [-0.15, -0.1) is 11.6 Å². The van der Waals surface area contributed by atoms with Gasteiger partial charge < -0.3 is 4.90 Å². The molecular weight excluding hydrogens is 332 g/mol. The fourth-order valence-electron chi connectivity index (χ4n) is 2.55. The summed E-state index contributed by atoms with van der Waals surface area (Å²) in [6, 6.07) is 6.22. The van der Waals surface area contributed by atoms with Gasteiger partial charge in [0, 0.05) is 18.1 Å². The molecule has 1 N–H and O–H groups in total. The van der Waals surface area contributed by atoms with Gasteiger partial charge >= 0.3 is 6.03 Å². The van der Waals surface area contributed by atoms with Gasteiger partial charge in [0.1, 0.15) is 12.1 Å². The number of fused-ring (bicyclic) bond motifs is 2. The SMILES string of the molecule is N#Cc1cc2c(cc1C#N)N(CCCl)C1=NC(=O)NC(=O)C1=NC2. The van der Waals surface area contributed by atoms with Crippen LogP contribution in [0.1, 0.15) is 16.7 Å². The Balaban J connectivity index is 2.25. The minimum atomic E-state index is -0.786. The maximum absolute atomic E-state index is 12.0. The second-order valence-corrected chi connectivity index (χ2v) is 5.33. The van der Waals surface area contributed by atoms with Crippen molar-refractivity contribution in [3.8, 4) is 12.1 Å². The number of halogens is 1. The monoisotopic (exact) mass is 340 g/mol. The van der Waals surface area contributed by atoms with E-state index >= 15 is 0 Å². The summed E-state index contributed by atoms with van der Waals surface area (Å²) in [4.78, 5) is 33.3. The topological polar surface area (TPSA) is 122 Å². The van der Waals surface area contributed by atoms with Gasteiger partial charge in [-0.05, 0) is 17.7 Å². The van der Waals surface area contributed by atoms with E-state index in [0.717, 1.165) is 0 Å². The van der Waals surface area contributed by atoms with Crippen molar-refractivity contribution in [2.45, 2.75) is 6.54 Å². The fraction of sp³-hybridized carbons (Fsp3) is 0.200. The molecule has 0 saturated carbocycles. The third-order valence-corrected chi connectivity index (χ3v) is 3.75. The van der Waals surface area contributed by atoms with Crippen molar-refractivity contribution in [1.82, 2.24) is 5.32 Å². The fourth-order valence-corrected chi connectivity index (χ4v) is 2.72. The van der Waals surface area contributed by atoms with Gasteiger partial charge in [0.2, 0.25) is 0 Å². The van der Waals surface area contributed by atoms with Crippen LogP contribution in [0.3, 0.4) is 0 Å². The quantitative estimate of drug-likeness (QED) is 0.807. The summed E-state index contributed by atoms with van der Waals surface area (Å²) < 4.78 is 0. The second kappa shape index (κ2) is 6.11. The number of carbonyl (C=O) groups excluding carboxylic acids is 2. The Bertz CT molecular complexity index is 906. The Morgan fingerprint density at radius 1 is 1.25 bits per heavy atom. The maximum atomic E-state index is 12.0. The molecule has 24 heavy (non-hydrogen) atoms. The number of anilines is 1. The number of amides is 3. The Labute approximate surface area is 141 Å². The van der Waals surface area contributed by atoms with Gasteiger partial charge in [0.05, 0.1) is 17.7 Å². The lowest BCUT2D eigenvalue weighted by Gasteiger charge is -2.27. The molecule has 2 aliphatic rings. The molecule has 0 radical (unpaired) electrons. The molecule has 0 aliphatic carbocycles. The van der Waals surface area contributed by atoms with Crippen molar-refractivity contribution in [2.24, 2.45) is 9.98 Å². The van der Waals surface area contributed by atoms with E-state index in [-0.39, 0.29) is 41.6 Å². The van der Waals surface area contributed by atoms with Crippen LogP contribution in [0, 0.1) is 22.7 Å². The molecule has 0 aromatic heterocycles. The lowest BCUT2D eigenvalue weighted by Crippen LogP contribution is -2.50. The number of aliphatic imine (C=N–C) groups is 2. The summed E-state index contributed by atoms with van der Waals surface area (Å²) in [5, 5.41) is 20.5. The molecule has 8 nitrogen and oxygen atoms in total. The van der Waals surface area contributed by atoms with Gasteiger partial charge in [-0.2, -0.15) is 15.5 Å². The molecule has 1 aromatic carbocycles. The van der Waals surface area contributed by atoms with E-state index < -0.39 is 11.9 Å². The van der Waals surface area contributed by atoms with E-state index in [2.05, 4.69) is 15.3 Å². The highest BCUT2D eigenvalue weighted by atomic mass is 35.5. The molecule has 0 fully saturated rings. The Morgan fingerprint density at radius 2 is 1.96 bits per heavy atom. The minimum absolute atomic E-state index is 0.0212. The number of hydrogen-bond acceptors (Lipinski definition) is 6. The van der Waals surface area contributed by atoms with Crippen LogP contribution in [-0.2, 0) is 11.3 Å². The number of nitrogens with one attached hydrogen (secondary N) is 1. The number of urea groups is 1. The first-order valence-corrected chi connectivity index (χ1v) is 7.42. The number of benzene rings is 1. The molecule has 3 amide bonds. The highest BCUT2D eigenvalue weighted by molar-refractivity contribution is 6.71. The zero-order valence-corrected chi connectivity index (χ0v) is 13.0. The number of carbonyl (C=O) groups is 2. The smallest absolute Gasteiger partial charge is 0.323 e. The normalized spacial score (nSPS) is 15.9. The highest BCUT2D eigenvalue weighted by Crippen LogP contribution is 2.29. The Morgan fingerprint density at radius 3 is 2.62 bits per heavy atom. The summed E-state index contributed by atoms with van der Waals surface area (Å²) in [6.07, 6.45) is 0. The zero-order valence-electron chi connectivity index (χ0n) is 12.2. The first-order valence-electron chi connectivity index (χ1n) is 6.88. The van der Waals surface area contributed by atoms with Crippen LogP contribution in [0.5, 0.6) is 0 Å². The van der Waals surface area contributed by atoms with Gasteiger partial charge in [0.25, 0.3) is 5.91 Å². The molecular formula is C15H9ClN6O2. The number of hydrogen-bond donors (Lipinski definition) is 1. The minimum Gasteiger partial charge on any atom is -0.323 e. The van der Waals surface area contributed by atoms with E-state index in [0.29, 0.717) is 11.3 Å². The summed E-state index contributed by atoms with van der Waals surface area (Å²) in [5.41, 5.74) is 1.61. The third kappa shape index (κ3) is 2.49. The number of imide groups is 1. The molecule has 0 spiro atoms. The number of alkyl halides is 1. The van der Waals surface area contributed by atoms with Crippen molar-refractivity contribution in [2.75, 3.05) is 17.3 Å².